The Kier molecular flexibility index (Phi) is 8.85. The molecule has 4 rings (SSSR count). The molecule has 0 aliphatic carbocycles. The Morgan fingerprint density at radius 3 is 2.53 bits per heavy atom. The highest BCUT2D eigenvalue weighted by molar-refractivity contribution is 6.32. The maximum Gasteiger partial charge on any atom is 0.271 e. The van der Waals surface area contributed by atoms with Gasteiger partial charge in [-0.15, -0.1) is 0 Å². The van der Waals surface area contributed by atoms with E-state index in [0.29, 0.717) is 52.4 Å². The molecule has 0 saturated heterocycles. The van der Waals surface area contributed by atoms with Crippen LogP contribution < -0.4 is 24.4 Å². The van der Waals surface area contributed by atoms with Crippen LogP contribution in [0.25, 0.3) is 10.8 Å². The first-order chi connectivity index (χ1) is 18.5. The molecule has 4 aromatic carbocycles. The minimum atomic E-state index is -0.414. The standard InChI is InChI=1S/C30H27ClN2O5/c1-4-14-37-26-13-12-22(17-27(26)35-2)30(34)33-32-18-20-15-25(31)29(28(16-20)36-3)38-19-23-10-7-9-21-8-5-6-11-24(21)23/h4-13,15-18H,1,14,19H2,2-3H3,(H,33,34)/b32-18+. The molecule has 0 saturated carbocycles. The van der Waals surface area contributed by atoms with Crippen LogP contribution in [0.15, 0.2) is 90.6 Å². The summed E-state index contributed by atoms with van der Waals surface area (Å²) in [6.45, 7) is 4.27. The van der Waals surface area contributed by atoms with Crippen LogP contribution in [0.3, 0.4) is 0 Å². The number of methoxy groups -OCH3 is 2. The van der Waals surface area contributed by atoms with Gasteiger partial charge < -0.3 is 18.9 Å². The summed E-state index contributed by atoms with van der Waals surface area (Å²) in [5, 5.41) is 6.66. The van der Waals surface area contributed by atoms with E-state index in [-0.39, 0.29) is 0 Å². The molecule has 0 heterocycles. The Balaban J connectivity index is 1.44. The highest BCUT2D eigenvalue weighted by Gasteiger charge is 2.14. The first kappa shape index (κ1) is 26.6. The SMILES string of the molecule is C=CCOc1ccc(C(=O)N/N=C/c2cc(Cl)c(OCc3cccc4ccccc34)c(OC)c2)cc1OC. The van der Waals surface area contributed by atoms with Gasteiger partial charge in [0.05, 0.1) is 25.5 Å². The molecule has 0 aliphatic rings. The van der Waals surface area contributed by atoms with E-state index < -0.39 is 5.91 Å². The summed E-state index contributed by atoms with van der Waals surface area (Å²) in [6.07, 6.45) is 3.10. The van der Waals surface area contributed by atoms with Crippen molar-refractivity contribution in [2.75, 3.05) is 20.8 Å². The first-order valence-electron chi connectivity index (χ1n) is 11.8. The maximum atomic E-state index is 12.6. The van der Waals surface area contributed by atoms with Crippen molar-refractivity contribution < 1.29 is 23.7 Å². The van der Waals surface area contributed by atoms with Gasteiger partial charge in [0, 0.05) is 5.56 Å². The largest absolute Gasteiger partial charge is 0.493 e. The number of hydrazone groups is 1. The van der Waals surface area contributed by atoms with E-state index >= 15 is 0 Å². The minimum Gasteiger partial charge on any atom is -0.493 e. The zero-order valence-corrected chi connectivity index (χ0v) is 21.8. The van der Waals surface area contributed by atoms with Crippen molar-refractivity contribution in [3.8, 4) is 23.0 Å². The number of fused-ring (bicyclic) bond motifs is 1. The highest BCUT2D eigenvalue weighted by Crippen LogP contribution is 2.37. The van der Waals surface area contributed by atoms with Gasteiger partial charge in [-0.25, -0.2) is 5.43 Å². The number of hydrogen-bond acceptors (Lipinski definition) is 6. The van der Waals surface area contributed by atoms with E-state index in [1.54, 1.807) is 36.4 Å². The van der Waals surface area contributed by atoms with Crippen LogP contribution in [-0.4, -0.2) is 32.9 Å². The van der Waals surface area contributed by atoms with Crippen LogP contribution in [0.2, 0.25) is 5.02 Å². The van der Waals surface area contributed by atoms with Crippen LogP contribution in [0, 0.1) is 0 Å². The maximum absolute atomic E-state index is 12.6. The normalized spacial score (nSPS) is 10.8. The van der Waals surface area contributed by atoms with Crippen molar-refractivity contribution in [1.82, 2.24) is 5.43 Å². The second-order valence-corrected chi connectivity index (χ2v) is 8.53. The molecule has 0 aromatic heterocycles. The van der Waals surface area contributed by atoms with Crippen molar-refractivity contribution in [3.05, 3.63) is 107 Å². The summed E-state index contributed by atoms with van der Waals surface area (Å²) < 4.78 is 22.4. The molecule has 7 nitrogen and oxygen atoms in total. The predicted octanol–water partition coefficient (Wildman–Crippen LogP) is 6.42. The van der Waals surface area contributed by atoms with E-state index in [4.69, 9.17) is 30.5 Å². The van der Waals surface area contributed by atoms with E-state index in [1.165, 1.54) is 20.4 Å². The van der Waals surface area contributed by atoms with Gasteiger partial charge in [0.2, 0.25) is 0 Å². The van der Waals surface area contributed by atoms with Gasteiger partial charge >= 0.3 is 0 Å². The zero-order valence-electron chi connectivity index (χ0n) is 21.1. The van der Waals surface area contributed by atoms with E-state index in [2.05, 4.69) is 35.3 Å². The highest BCUT2D eigenvalue weighted by atomic mass is 35.5. The Morgan fingerprint density at radius 2 is 1.74 bits per heavy atom. The third-order valence-electron chi connectivity index (χ3n) is 5.67. The van der Waals surface area contributed by atoms with Gasteiger partial charge in [-0.3, -0.25) is 4.79 Å². The number of rotatable bonds is 11. The van der Waals surface area contributed by atoms with Crippen molar-refractivity contribution in [1.29, 1.82) is 0 Å². The molecule has 0 atom stereocenters. The molecule has 0 bridgehead atoms. The Morgan fingerprint density at radius 1 is 0.947 bits per heavy atom. The van der Waals surface area contributed by atoms with Gasteiger partial charge in [0.25, 0.3) is 5.91 Å². The Hall–Kier alpha value is -4.49. The van der Waals surface area contributed by atoms with E-state index in [9.17, 15) is 4.79 Å². The van der Waals surface area contributed by atoms with Crippen molar-refractivity contribution >= 4 is 34.5 Å². The Bertz CT molecular complexity index is 1480. The van der Waals surface area contributed by atoms with Crippen molar-refractivity contribution in [2.45, 2.75) is 6.61 Å². The molecule has 1 N–H and O–H groups in total. The van der Waals surface area contributed by atoms with E-state index in [0.717, 1.165) is 16.3 Å². The number of amides is 1. The average molecular weight is 531 g/mol. The summed E-state index contributed by atoms with van der Waals surface area (Å²) >= 11 is 6.53. The van der Waals surface area contributed by atoms with Crippen LogP contribution in [0.5, 0.6) is 23.0 Å². The van der Waals surface area contributed by atoms with Gasteiger partial charge in [0.1, 0.15) is 13.2 Å². The fraction of sp³-hybridized carbons (Fsp3) is 0.133. The molecule has 0 spiro atoms. The van der Waals surface area contributed by atoms with Crippen molar-refractivity contribution in [3.63, 3.8) is 0 Å². The third-order valence-corrected chi connectivity index (χ3v) is 5.95. The number of carbonyl (C=O) groups is 1. The quantitative estimate of drug-likeness (QED) is 0.137. The number of ether oxygens (including phenoxy) is 4. The van der Waals surface area contributed by atoms with E-state index in [1.807, 2.05) is 24.3 Å². The molecule has 194 valence electrons. The zero-order chi connectivity index (χ0) is 26.9. The molecule has 0 fully saturated rings. The average Bonchev–Trinajstić information content (AvgIpc) is 2.95. The van der Waals surface area contributed by atoms with Gasteiger partial charge in [-0.1, -0.05) is 66.7 Å². The molecular weight excluding hydrogens is 504 g/mol. The molecule has 1 amide bonds. The van der Waals surface area contributed by atoms with Gasteiger partial charge in [-0.05, 0) is 52.2 Å². The van der Waals surface area contributed by atoms with Crippen molar-refractivity contribution in [2.24, 2.45) is 5.10 Å². The number of carbonyl (C=O) groups excluding carboxylic acids is 1. The van der Waals surface area contributed by atoms with Gasteiger partial charge in [0.15, 0.2) is 23.0 Å². The predicted molar refractivity (Wildman–Crippen MR) is 150 cm³/mol. The fourth-order valence-electron chi connectivity index (χ4n) is 3.83. The first-order valence-corrected chi connectivity index (χ1v) is 12.1. The lowest BCUT2D eigenvalue weighted by molar-refractivity contribution is 0.0954. The Labute approximate surface area is 226 Å². The van der Waals surface area contributed by atoms with Gasteiger partial charge in [-0.2, -0.15) is 5.10 Å². The smallest absolute Gasteiger partial charge is 0.271 e. The number of benzene rings is 4. The number of nitrogens with zero attached hydrogens (tertiary/aromatic N) is 1. The molecule has 38 heavy (non-hydrogen) atoms. The molecule has 4 aromatic rings. The number of hydrogen-bond donors (Lipinski definition) is 1. The summed E-state index contributed by atoms with van der Waals surface area (Å²) in [5.41, 5.74) is 4.51. The summed E-state index contributed by atoms with van der Waals surface area (Å²) in [6, 6.07) is 22.5. The molecular formula is C30H27ClN2O5. The molecule has 0 unspecified atom stereocenters. The number of halogens is 1. The fourth-order valence-corrected chi connectivity index (χ4v) is 4.10. The second kappa shape index (κ2) is 12.7. The lowest BCUT2D eigenvalue weighted by Gasteiger charge is -2.14. The summed E-state index contributed by atoms with van der Waals surface area (Å²) in [7, 11) is 3.04. The molecule has 8 heteroatoms. The monoisotopic (exact) mass is 530 g/mol. The second-order valence-electron chi connectivity index (χ2n) is 8.13. The molecule has 0 radical (unpaired) electrons. The summed E-state index contributed by atoms with van der Waals surface area (Å²) in [4.78, 5) is 12.6. The van der Waals surface area contributed by atoms with Crippen LogP contribution in [-0.2, 0) is 6.61 Å². The van der Waals surface area contributed by atoms with Crippen LogP contribution in [0.1, 0.15) is 21.5 Å². The van der Waals surface area contributed by atoms with Crippen LogP contribution >= 0.6 is 11.6 Å². The lowest BCUT2D eigenvalue weighted by atomic mass is 10.1. The third kappa shape index (κ3) is 6.25. The molecule has 0 aliphatic heterocycles. The topological polar surface area (TPSA) is 78.4 Å². The van der Waals surface area contributed by atoms with Crippen LogP contribution in [0.4, 0.5) is 0 Å². The number of nitrogens with one attached hydrogen (secondary N) is 1. The lowest BCUT2D eigenvalue weighted by Crippen LogP contribution is -2.17. The summed E-state index contributed by atoms with van der Waals surface area (Å²) in [5.74, 6) is 1.40. The minimum absolute atomic E-state index is 0.321.